The van der Waals surface area contributed by atoms with Crippen LogP contribution >= 0.6 is 0 Å². The largest absolute Gasteiger partial charge is 0.355 e. The number of anilines is 1. The predicted molar refractivity (Wildman–Crippen MR) is 126 cm³/mol. The molecular weight excluding hydrogens is 398 g/mol. The number of nitrogens with zero attached hydrogens (tertiary/aromatic N) is 4. The van der Waals surface area contributed by atoms with Crippen LogP contribution in [-0.2, 0) is 4.79 Å². The summed E-state index contributed by atoms with van der Waals surface area (Å²) < 4.78 is 0. The summed E-state index contributed by atoms with van der Waals surface area (Å²) in [6, 6.07) is 19.3. The van der Waals surface area contributed by atoms with E-state index in [1.807, 2.05) is 61.5 Å². The van der Waals surface area contributed by atoms with Gasteiger partial charge < -0.3 is 10.2 Å². The van der Waals surface area contributed by atoms with E-state index in [-0.39, 0.29) is 11.9 Å². The number of hydrogen-bond donors (Lipinski definition) is 1. The molecule has 1 aliphatic rings. The van der Waals surface area contributed by atoms with E-state index in [1.165, 1.54) is 0 Å². The minimum Gasteiger partial charge on any atom is -0.355 e. The lowest BCUT2D eigenvalue weighted by atomic mass is 9.91. The van der Waals surface area contributed by atoms with Gasteiger partial charge in [0.1, 0.15) is 5.69 Å². The van der Waals surface area contributed by atoms with Crippen LogP contribution in [0.5, 0.6) is 0 Å². The minimum absolute atomic E-state index is 0.216. The molecule has 6 nitrogen and oxygen atoms in total. The molecule has 4 atom stereocenters. The Labute approximate surface area is 189 Å². The molecule has 0 spiro atoms. The average Bonchev–Trinajstić information content (AvgIpc) is 2.79. The molecule has 32 heavy (non-hydrogen) atoms. The predicted octanol–water partition coefficient (Wildman–Crippen LogP) is 4.60. The third-order valence-corrected chi connectivity index (χ3v) is 6.07. The minimum atomic E-state index is -1.04. The summed E-state index contributed by atoms with van der Waals surface area (Å²) >= 11 is 0. The summed E-state index contributed by atoms with van der Waals surface area (Å²) in [4.78, 5) is 25.1. The first-order chi connectivity index (χ1) is 15.5. The lowest BCUT2D eigenvalue weighted by molar-refractivity contribution is -0.122. The van der Waals surface area contributed by atoms with Crippen molar-refractivity contribution in [2.75, 3.05) is 18.0 Å². The number of para-hydroxylation sites is 2. The van der Waals surface area contributed by atoms with Gasteiger partial charge in [-0.15, -0.1) is 0 Å². The summed E-state index contributed by atoms with van der Waals surface area (Å²) in [5, 5.41) is 13.0. The van der Waals surface area contributed by atoms with Gasteiger partial charge in [0.2, 0.25) is 5.91 Å². The molecule has 1 amide bonds. The molecule has 0 aliphatic carbocycles. The molecule has 6 heteroatoms. The molecule has 1 N–H and O–H groups in total. The van der Waals surface area contributed by atoms with Crippen LogP contribution in [0.15, 0.2) is 54.6 Å². The van der Waals surface area contributed by atoms with Gasteiger partial charge >= 0.3 is 0 Å². The van der Waals surface area contributed by atoms with Crippen molar-refractivity contribution in [1.29, 1.82) is 5.26 Å². The van der Waals surface area contributed by atoms with E-state index >= 15 is 0 Å². The Kier molecular flexibility index (Phi) is 6.36. The molecule has 1 aromatic heterocycles. The Morgan fingerprint density at radius 3 is 2.25 bits per heavy atom. The van der Waals surface area contributed by atoms with Gasteiger partial charge in [-0.25, -0.2) is 9.97 Å². The lowest BCUT2D eigenvalue weighted by Gasteiger charge is -2.36. The zero-order valence-electron chi connectivity index (χ0n) is 18.8. The summed E-state index contributed by atoms with van der Waals surface area (Å²) in [6.07, 6.45) is 1.16. The van der Waals surface area contributed by atoms with Crippen molar-refractivity contribution < 1.29 is 4.79 Å². The SMILES string of the molecule is C[C@@H]1C[C@H](C)CN(c2nc3ccccc3nc2[C@@H](C#N)C(=O)N[C@@H](C)c2ccccc2)C1. The zero-order valence-corrected chi connectivity index (χ0v) is 18.8. The van der Waals surface area contributed by atoms with Crippen molar-refractivity contribution in [3.8, 4) is 6.07 Å². The van der Waals surface area contributed by atoms with E-state index in [4.69, 9.17) is 9.97 Å². The molecule has 1 aliphatic heterocycles. The van der Waals surface area contributed by atoms with Crippen LogP contribution in [0.4, 0.5) is 5.82 Å². The highest BCUT2D eigenvalue weighted by molar-refractivity contribution is 5.89. The second kappa shape index (κ2) is 9.35. The molecule has 2 heterocycles. The molecule has 0 unspecified atom stereocenters. The second-order valence-corrected chi connectivity index (χ2v) is 8.98. The fourth-order valence-corrected chi connectivity index (χ4v) is 4.63. The Bertz CT molecular complexity index is 1130. The normalized spacial score (nSPS) is 20.4. The number of hydrogen-bond acceptors (Lipinski definition) is 5. The van der Waals surface area contributed by atoms with Gasteiger partial charge in [0, 0.05) is 13.1 Å². The Hall–Kier alpha value is -3.46. The number of benzene rings is 2. The smallest absolute Gasteiger partial charge is 0.244 e. The Morgan fingerprint density at radius 1 is 1.03 bits per heavy atom. The topological polar surface area (TPSA) is 81.9 Å². The summed E-state index contributed by atoms with van der Waals surface area (Å²) in [5.74, 6) is 0.268. The highest BCUT2D eigenvalue weighted by Crippen LogP contribution is 2.32. The molecule has 3 aromatic rings. The van der Waals surface area contributed by atoms with Crippen molar-refractivity contribution in [2.45, 2.75) is 39.2 Å². The van der Waals surface area contributed by atoms with Gasteiger partial charge in [-0.3, -0.25) is 4.79 Å². The van der Waals surface area contributed by atoms with Crippen LogP contribution in [0.2, 0.25) is 0 Å². The zero-order chi connectivity index (χ0) is 22.7. The summed E-state index contributed by atoms with van der Waals surface area (Å²) in [7, 11) is 0. The van der Waals surface area contributed by atoms with E-state index < -0.39 is 5.92 Å². The first kappa shape index (κ1) is 21.8. The average molecular weight is 428 g/mol. The number of rotatable bonds is 5. The monoisotopic (exact) mass is 427 g/mol. The van der Waals surface area contributed by atoms with Gasteiger partial charge in [-0.2, -0.15) is 5.26 Å². The van der Waals surface area contributed by atoms with Gasteiger partial charge in [-0.1, -0.05) is 56.3 Å². The van der Waals surface area contributed by atoms with Crippen LogP contribution in [0.3, 0.4) is 0 Å². The van der Waals surface area contributed by atoms with Gasteiger partial charge in [0.05, 0.1) is 23.1 Å². The van der Waals surface area contributed by atoms with Gasteiger partial charge in [0.25, 0.3) is 0 Å². The molecule has 2 aromatic carbocycles. The third-order valence-electron chi connectivity index (χ3n) is 6.07. The second-order valence-electron chi connectivity index (χ2n) is 8.98. The summed E-state index contributed by atoms with van der Waals surface area (Å²) in [6.45, 7) is 8.05. The number of nitrogens with one attached hydrogen (secondary N) is 1. The molecule has 164 valence electrons. The van der Waals surface area contributed by atoms with E-state index in [0.717, 1.165) is 30.6 Å². The van der Waals surface area contributed by atoms with Crippen molar-refractivity contribution in [2.24, 2.45) is 11.8 Å². The number of nitriles is 1. The van der Waals surface area contributed by atoms with Crippen LogP contribution in [0.1, 0.15) is 50.4 Å². The fourth-order valence-electron chi connectivity index (χ4n) is 4.63. The maximum absolute atomic E-state index is 13.2. The highest BCUT2D eigenvalue weighted by atomic mass is 16.2. The van der Waals surface area contributed by atoms with Crippen LogP contribution in [-0.4, -0.2) is 29.0 Å². The highest BCUT2D eigenvalue weighted by Gasteiger charge is 2.32. The van der Waals surface area contributed by atoms with Crippen LogP contribution < -0.4 is 10.2 Å². The van der Waals surface area contributed by atoms with E-state index in [2.05, 4.69) is 30.1 Å². The van der Waals surface area contributed by atoms with E-state index in [0.29, 0.717) is 28.9 Å². The quantitative estimate of drug-likeness (QED) is 0.644. The first-order valence-corrected chi connectivity index (χ1v) is 11.2. The number of carbonyl (C=O) groups excluding carboxylic acids is 1. The molecule has 0 bridgehead atoms. The maximum Gasteiger partial charge on any atom is 0.244 e. The first-order valence-electron chi connectivity index (χ1n) is 11.2. The Morgan fingerprint density at radius 2 is 1.62 bits per heavy atom. The number of amides is 1. The van der Waals surface area contributed by atoms with Crippen molar-refractivity contribution >= 4 is 22.8 Å². The van der Waals surface area contributed by atoms with Crippen LogP contribution in [0, 0.1) is 23.2 Å². The molecule has 1 saturated heterocycles. The molecule has 4 rings (SSSR count). The fraction of sp³-hybridized carbons (Fsp3) is 0.385. The van der Waals surface area contributed by atoms with Gasteiger partial charge in [0.15, 0.2) is 11.7 Å². The number of carbonyl (C=O) groups is 1. The van der Waals surface area contributed by atoms with Crippen molar-refractivity contribution in [3.63, 3.8) is 0 Å². The maximum atomic E-state index is 13.2. The van der Waals surface area contributed by atoms with Crippen molar-refractivity contribution in [3.05, 3.63) is 65.9 Å². The van der Waals surface area contributed by atoms with Gasteiger partial charge in [-0.05, 0) is 42.9 Å². The van der Waals surface area contributed by atoms with Crippen molar-refractivity contribution in [1.82, 2.24) is 15.3 Å². The number of aromatic nitrogens is 2. The van der Waals surface area contributed by atoms with Crippen LogP contribution in [0.25, 0.3) is 11.0 Å². The molecule has 0 radical (unpaired) electrons. The molecular formula is C26H29N5O. The summed E-state index contributed by atoms with van der Waals surface area (Å²) in [5.41, 5.74) is 2.88. The van der Waals surface area contributed by atoms with E-state index in [9.17, 15) is 10.1 Å². The lowest BCUT2D eigenvalue weighted by Crippen LogP contribution is -2.41. The standard InChI is InChI=1S/C26H29N5O/c1-17-13-18(2)16-31(15-17)25-24(29-22-11-7-8-12-23(22)30-25)21(14-27)26(32)28-19(3)20-9-5-4-6-10-20/h4-12,17-19,21H,13,15-16H2,1-3H3,(H,28,32)/t17-,18+,19-,21+/m0/s1. The Balaban J connectivity index is 1.71. The molecule has 1 fully saturated rings. The third kappa shape index (κ3) is 4.57. The number of fused-ring (bicyclic) bond motifs is 1. The van der Waals surface area contributed by atoms with E-state index in [1.54, 1.807) is 0 Å². The molecule has 0 saturated carbocycles. The number of piperidine rings is 1.